The van der Waals surface area contributed by atoms with Crippen molar-refractivity contribution in [3.63, 3.8) is 0 Å². The van der Waals surface area contributed by atoms with Crippen LogP contribution in [-0.4, -0.2) is 50.2 Å². The average molecular weight is 449 g/mol. The van der Waals surface area contributed by atoms with Gasteiger partial charge in [-0.2, -0.15) is 0 Å². The average Bonchev–Trinajstić information content (AvgIpc) is 2.79. The second-order valence-corrected chi connectivity index (χ2v) is 8.15. The third-order valence-electron chi connectivity index (χ3n) is 4.99. The first kappa shape index (κ1) is 22.7. The van der Waals surface area contributed by atoms with Gasteiger partial charge in [-0.05, 0) is 24.1 Å². The van der Waals surface area contributed by atoms with E-state index >= 15 is 0 Å². The lowest BCUT2D eigenvalue weighted by atomic mass is 10.1. The fourth-order valence-corrected chi connectivity index (χ4v) is 4.46. The maximum absolute atomic E-state index is 13.9. The van der Waals surface area contributed by atoms with Gasteiger partial charge >= 0.3 is 0 Å². The Morgan fingerprint density at radius 1 is 1.10 bits per heavy atom. The molecule has 0 bridgehead atoms. The number of rotatable bonds is 8. The van der Waals surface area contributed by atoms with Gasteiger partial charge in [-0.1, -0.05) is 18.2 Å². The monoisotopic (exact) mass is 448 g/mol. The zero-order chi connectivity index (χ0) is 22.4. The summed E-state index contributed by atoms with van der Waals surface area (Å²) in [6.07, 6.45) is 0.278. The summed E-state index contributed by atoms with van der Waals surface area (Å²) in [7, 11) is 4.58. The van der Waals surface area contributed by atoms with Gasteiger partial charge in [-0.25, -0.2) is 4.39 Å². The van der Waals surface area contributed by atoms with Crippen LogP contribution in [0, 0.1) is 5.82 Å². The normalized spacial score (nSPS) is 18.1. The van der Waals surface area contributed by atoms with Crippen LogP contribution < -0.4 is 24.8 Å². The third kappa shape index (κ3) is 5.41. The van der Waals surface area contributed by atoms with Crippen molar-refractivity contribution in [3.8, 4) is 17.2 Å². The Morgan fingerprint density at radius 3 is 2.42 bits per heavy atom. The first-order chi connectivity index (χ1) is 15.0. The molecule has 2 aromatic carbocycles. The van der Waals surface area contributed by atoms with E-state index in [-0.39, 0.29) is 30.6 Å². The van der Waals surface area contributed by atoms with Crippen molar-refractivity contribution in [2.75, 3.05) is 27.1 Å². The molecule has 166 valence electrons. The summed E-state index contributed by atoms with van der Waals surface area (Å²) in [6.45, 7) is 0.193. The van der Waals surface area contributed by atoms with Crippen molar-refractivity contribution in [2.45, 2.75) is 24.3 Å². The van der Waals surface area contributed by atoms with Crippen LogP contribution in [0.25, 0.3) is 0 Å². The van der Waals surface area contributed by atoms with Crippen LogP contribution in [0.3, 0.4) is 0 Å². The Balaban J connectivity index is 1.59. The maximum atomic E-state index is 13.9. The van der Waals surface area contributed by atoms with Crippen molar-refractivity contribution in [2.24, 2.45) is 0 Å². The molecule has 31 heavy (non-hydrogen) atoms. The molecule has 2 aromatic rings. The van der Waals surface area contributed by atoms with E-state index in [0.717, 1.165) is 0 Å². The van der Waals surface area contributed by atoms with E-state index in [4.69, 9.17) is 14.2 Å². The summed E-state index contributed by atoms with van der Waals surface area (Å²) in [5.41, 5.74) is 1.19. The lowest BCUT2D eigenvalue weighted by Crippen LogP contribution is -2.54. The molecule has 0 aliphatic carbocycles. The molecule has 9 heteroatoms. The highest BCUT2D eigenvalue weighted by atomic mass is 32.2. The number of halogens is 1. The second kappa shape index (κ2) is 10.4. The fourth-order valence-electron chi connectivity index (χ4n) is 3.29. The van der Waals surface area contributed by atoms with E-state index in [1.165, 1.54) is 39.2 Å². The predicted octanol–water partition coefficient (Wildman–Crippen LogP) is 2.31. The molecule has 2 amide bonds. The molecule has 3 rings (SSSR count). The van der Waals surface area contributed by atoms with Gasteiger partial charge in [0, 0.05) is 23.9 Å². The quantitative estimate of drug-likeness (QED) is 0.645. The van der Waals surface area contributed by atoms with Crippen LogP contribution in [0.15, 0.2) is 36.4 Å². The van der Waals surface area contributed by atoms with Gasteiger partial charge in [-0.15, -0.1) is 11.8 Å². The highest BCUT2D eigenvalue weighted by Gasteiger charge is 2.32. The Labute approximate surface area is 184 Å². The van der Waals surface area contributed by atoms with Gasteiger partial charge in [0.15, 0.2) is 11.5 Å². The molecule has 1 aliphatic heterocycles. The zero-order valence-electron chi connectivity index (χ0n) is 17.6. The Bertz CT molecular complexity index is 955. The van der Waals surface area contributed by atoms with E-state index in [0.29, 0.717) is 34.1 Å². The van der Waals surface area contributed by atoms with Crippen LogP contribution in [0.4, 0.5) is 4.39 Å². The summed E-state index contributed by atoms with van der Waals surface area (Å²) in [4.78, 5) is 25.1. The molecule has 1 fully saturated rings. The van der Waals surface area contributed by atoms with Gasteiger partial charge in [0.05, 0.1) is 26.6 Å². The predicted molar refractivity (Wildman–Crippen MR) is 116 cm³/mol. The van der Waals surface area contributed by atoms with Crippen LogP contribution >= 0.6 is 11.8 Å². The Kier molecular flexibility index (Phi) is 7.62. The number of hydrogen-bond acceptors (Lipinski definition) is 6. The largest absolute Gasteiger partial charge is 0.496 e. The van der Waals surface area contributed by atoms with Crippen LogP contribution in [0.1, 0.15) is 11.1 Å². The van der Waals surface area contributed by atoms with Gasteiger partial charge < -0.3 is 24.8 Å². The summed E-state index contributed by atoms with van der Waals surface area (Å²) in [6, 6.07) is 9.14. The summed E-state index contributed by atoms with van der Waals surface area (Å²) < 4.78 is 29.8. The number of carbonyl (C=O) groups is 2. The van der Waals surface area contributed by atoms with E-state index < -0.39 is 11.3 Å². The van der Waals surface area contributed by atoms with Crippen LogP contribution in [0.2, 0.25) is 0 Å². The van der Waals surface area contributed by atoms with Crippen molar-refractivity contribution >= 4 is 23.6 Å². The highest BCUT2D eigenvalue weighted by molar-refractivity contribution is 8.00. The first-order valence-corrected chi connectivity index (χ1v) is 10.7. The molecule has 0 aromatic heterocycles. The van der Waals surface area contributed by atoms with Gasteiger partial charge in [-0.3, -0.25) is 9.59 Å². The number of nitrogens with one attached hydrogen (secondary N) is 2. The molecule has 1 heterocycles. The number of methoxy groups -OCH3 is 3. The van der Waals surface area contributed by atoms with Crippen molar-refractivity contribution in [1.29, 1.82) is 0 Å². The number of hydrogen-bond donors (Lipinski definition) is 2. The topological polar surface area (TPSA) is 85.9 Å². The Hall–Kier alpha value is -2.94. The molecular formula is C22H25FN2O5S. The van der Waals surface area contributed by atoms with Crippen LogP contribution in [-0.2, 0) is 22.6 Å². The van der Waals surface area contributed by atoms with Gasteiger partial charge in [0.2, 0.25) is 11.8 Å². The number of carbonyl (C=O) groups excluding carboxylic acids is 2. The Morgan fingerprint density at radius 2 is 1.77 bits per heavy atom. The lowest BCUT2D eigenvalue weighted by Gasteiger charge is -2.28. The lowest BCUT2D eigenvalue weighted by molar-refractivity contribution is -0.128. The van der Waals surface area contributed by atoms with Crippen LogP contribution in [0.5, 0.6) is 17.2 Å². The number of amides is 2. The molecule has 7 nitrogen and oxygen atoms in total. The minimum absolute atomic E-state index is 0.193. The number of benzene rings is 2. The summed E-state index contributed by atoms with van der Waals surface area (Å²) in [5, 5.41) is 5.13. The van der Waals surface area contributed by atoms with Gasteiger partial charge in [0.25, 0.3) is 0 Å². The molecule has 2 atom stereocenters. The van der Waals surface area contributed by atoms with E-state index in [1.54, 1.807) is 30.3 Å². The zero-order valence-corrected chi connectivity index (χ0v) is 18.4. The van der Waals surface area contributed by atoms with E-state index in [1.807, 2.05) is 0 Å². The second-order valence-electron chi connectivity index (χ2n) is 6.92. The molecule has 0 spiro atoms. The summed E-state index contributed by atoms with van der Waals surface area (Å²) >= 11 is 1.35. The van der Waals surface area contributed by atoms with Crippen molar-refractivity contribution < 1.29 is 28.2 Å². The molecule has 0 saturated carbocycles. The molecular weight excluding hydrogens is 423 g/mol. The molecule has 0 radical (unpaired) electrons. The molecule has 1 saturated heterocycles. The molecule has 1 aliphatic rings. The van der Waals surface area contributed by atoms with E-state index in [9.17, 15) is 14.0 Å². The van der Waals surface area contributed by atoms with Crippen molar-refractivity contribution in [1.82, 2.24) is 10.6 Å². The van der Waals surface area contributed by atoms with Crippen molar-refractivity contribution in [3.05, 3.63) is 53.3 Å². The first-order valence-electron chi connectivity index (χ1n) is 9.68. The smallest absolute Gasteiger partial charge is 0.243 e. The molecule has 2 N–H and O–H groups in total. The highest BCUT2D eigenvalue weighted by Crippen LogP contribution is 2.34. The standard InChI is InChI=1S/C22H25FN2O5S/c1-28-17-10-19(30-3)18(29-2)8-14(17)11-24-21(26)16-12-31-20(22(27)25-16)9-13-6-4-5-7-15(13)23/h4-8,10,16,20H,9,11-12H2,1-3H3,(H,24,26)(H,25,27)/t16-,20+/m0/s1. The van der Waals surface area contributed by atoms with E-state index in [2.05, 4.69) is 10.6 Å². The summed E-state index contributed by atoms with van der Waals surface area (Å²) in [5.74, 6) is 1.08. The number of ether oxygens (including phenoxy) is 3. The minimum atomic E-state index is -0.666. The number of thioether (sulfide) groups is 1. The molecule has 0 unspecified atom stereocenters. The SMILES string of the molecule is COc1cc(OC)c(OC)cc1CNC(=O)[C@@H]1CS[C@H](Cc2ccccc2F)C(=O)N1. The third-order valence-corrected chi connectivity index (χ3v) is 6.30. The minimum Gasteiger partial charge on any atom is -0.496 e. The fraction of sp³-hybridized carbons (Fsp3) is 0.364. The maximum Gasteiger partial charge on any atom is 0.243 e. The van der Waals surface area contributed by atoms with Gasteiger partial charge in [0.1, 0.15) is 17.6 Å².